The summed E-state index contributed by atoms with van der Waals surface area (Å²) in [6.45, 7) is 25.1. The number of aryl methyl sites for hydroxylation is 4. The largest absolute Gasteiger partial charge is 0.508 e. The molecule has 6 aliphatic carbocycles. The highest BCUT2D eigenvalue weighted by atomic mass is 79.9. The number of rotatable bonds is 18. The summed E-state index contributed by atoms with van der Waals surface area (Å²) in [6.07, 6.45) is 28.9. The van der Waals surface area contributed by atoms with Gasteiger partial charge in [0, 0.05) is 42.8 Å². The van der Waals surface area contributed by atoms with Crippen LogP contribution in [0, 0.1) is 27.7 Å². The Morgan fingerprint density at radius 2 is 0.779 bits per heavy atom. The van der Waals surface area contributed by atoms with Crippen LogP contribution in [0.25, 0.3) is 0 Å². The molecule has 528 valence electrons. The summed E-state index contributed by atoms with van der Waals surface area (Å²) in [5.74, 6) is 3.75. The summed E-state index contributed by atoms with van der Waals surface area (Å²) in [5.41, 5.74) is 6.39. The van der Waals surface area contributed by atoms with Crippen molar-refractivity contribution >= 4 is 71.7 Å². The average Bonchev–Trinajstić information content (AvgIpc) is 1.64. The molecule has 2 atom stereocenters. The van der Waals surface area contributed by atoms with Crippen molar-refractivity contribution in [2.45, 2.75) is 320 Å². The van der Waals surface area contributed by atoms with Crippen molar-refractivity contribution in [2.24, 2.45) is 0 Å². The molecule has 0 bridgehead atoms. The van der Waals surface area contributed by atoms with Crippen LogP contribution in [0.5, 0.6) is 23.0 Å². The first-order valence-corrected chi connectivity index (χ1v) is 38.8. The molecule has 0 saturated heterocycles. The number of phenolic OH excluding ortho intramolecular Hbond substituents is 1. The second kappa shape index (κ2) is 37.0. The van der Waals surface area contributed by atoms with E-state index >= 15 is 0 Å². The van der Waals surface area contributed by atoms with Crippen LogP contribution in [-0.4, -0.2) is 83.7 Å². The van der Waals surface area contributed by atoms with Gasteiger partial charge in [-0.1, -0.05) is 173 Å². The number of hydrogen-bond donors (Lipinski definition) is 2. The standard InChI is InChI=1S/C21H31BrO3.C21H30O3.C17H22O3.C13H18O.C8H14Br2O2/c1-15-10-11-17(16-8-6-5-7-9-16)19(14-15)24-18(12-13-22)20(23)25-21(2,3)4;1-15-10-11-17(16-8-6-5-7-9-16)18(14-15)23-21(12-13-21)19(22)24-20(2,3)4;1-12-7-8-14(13-5-3-2-4-6-13)15(11-12)20-17(9-10-17)16(18)19;1-10-7-8-12(13(14)9-10)11-5-3-2-4-6-11;1-8(2,3)12-7(11)6(10)4-5-9/h10-11,14,16,18H,5-9,12-13H2,1-4H3;10-11,14,16H,5-9,12-13H2,1-4H3;7-8,11,13H,2-6,9-10H2,1H3,(H,18,19);7-9,11,14H,2-6H2,1H3;6H,4-5H2,1-3H3. The van der Waals surface area contributed by atoms with Crippen molar-refractivity contribution in [3.05, 3.63) is 117 Å². The van der Waals surface area contributed by atoms with E-state index in [1.807, 2.05) is 88.3 Å². The SMILES string of the molecule is CC(C)(C)OC(=O)C(Br)CCBr.Cc1ccc(C2CCCCC2)c(O)c1.Cc1ccc(C2CCCCC2)c(OC(CCBr)C(=O)OC(C)(C)C)c1.Cc1ccc(C2CCCCC2)c(OC2(C(=O)O)CC2)c1.Cc1ccc(C2CCCCC2)c(OC2(C(=O)OC(C)(C)C)CC2)c1. The number of benzene rings is 4. The van der Waals surface area contributed by atoms with Crippen molar-refractivity contribution in [3.63, 3.8) is 0 Å². The highest BCUT2D eigenvalue weighted by Crippen LogP contribution is 2.48. The van der Waals surface area contributed by atoms with Gasteiger partial charge in [0.25, 0.3) is 0 Å². The molecular weight excluding hydrogens is 1390 g/mol. The molecule has 0 heterocycles. The Hall–Kier alpha value is -4.60. The lowest BCUT2D eigenvalue weighted by Gasteiger charge is -2.28. The van der Waals surface area contributed by atoms with Crippen LogP contribution >= 0.6 is 47.8 Å². The number of phenols is 1. The van der Waals surface area contributed by atoms with Gasteiger partial charge in [0.15, 0.2) is 6.10 Å². The van der Waals surface area contributed by atoms with E-state index in [-0.39, 0.29) is 22.7 Å². The van der Waals surface area contributed by atoms with Crippen molar-refractivity contribution in [2.75, 3.05) is 10.7 Å². The number of ether oxygens (including phenoxy) is 6. The van der Waals surface area contributed by atoms with Gasteiger partial charge in [0.1, 0.15) is 44.6 Å². The Morgan fingerprint density at radius 3 is 1.13 bits per heavy atom. The molecule has 2 unspecified atom stereocenters. The maximum Gasteiger partial charge on any atom is 0.351 e. The molecule has 12 nitrogen and oxygen atoms in total. The maximum absolute atomic E-state index is 12.6. The molecule has 6 aliphatic rings. The lowest BCUT2D eigenvalue weighted by atomic mass is 9.83. The maximum atomic E-state index is 12.6. The number of esters is 3. The number of alkyl halides is 3. The molecule has 4 aromatic carbocycles. The van der Waals surface area contributed by atoms with Crippen LogP contribution in [0.2, 0.25) is 0 Å². The van der Waals surface area contributed by atoms with Crippen molar-refractivity contribution in [1.29, 1.82) is 0 Å². The molecule has 0 radical (unpaired) electrons. The number of aromatic hydroxyl groups is 1. The second-order valence-corrected chi connectivity index (χ2v) is 33.3. The molecule has 0 spiro atoms. The molecule has 95 heavy (non-hydrogen) atoms. The molecule has 2 N–H and O–H groups in total. The van der Waals surface area contributed by atoms with Crippen molar-refractivity contribution < 1.29 is 57.8 Å². The molecular formula is C80H115Br3O12. The topological polar surface area (TPSA) is 164 Å². The number of carboxylic acid groups (broad SMARTS) is 1. The van der Waals surface area contributed by atoms with Crippen LogP contribution in [0.15, 0.2) is 72.8 Å². The minimum absolute atomic E-state index is 0.193. The lowest BCUT2D eigenvalue weighted by Crippen LogP contribution is -2.37. The molecule has 6 fully saturated rings. The Labute approximate surface area is 596 Å². The summed E-state index contributed by atoms with van der Waals surface area (Å²) < 4.78 is 34.8. The Morgan fingerprint density at radius 1 is 0.453 bits per heavy atom. The first-order chi connectivity index (χ1) is 44.8. The van der Waals surface area contributed by atoms with Gasteiger partial charge < -0.3 is 38.6 Å². The Bertz CT molecular complexity index is 3070. The first kappa shape index (κ1) is 79.4. The quantitative estimate of drug-likeness (QED) is 0.0551. The summed E-state index contributed by atoms with van der Waals surface area (Å²) >= 11 is 9.94. The second-order valence-electron chi connectivity index (χ2n) is 30.6. The van der Waals surface area contributed by atoms with E-state index in [1.54, 1.807) is 0 Å². The Balaban J connectivity index is 0.000000193. The smallest absolute Gasteiger partial charge is 0.351 e. The monoisotopic (exact) mass is 1500 g/mol. The fourth-order valence-electron chi connectivity index (χ4n) is 13.0. The van der Waals surface area contributed by atoms with Crippen LogP contribution < -0.4 is 14.2 Å². The normalized spacial score (nSPS) is 18.7. The number of aliphatic carboxylic acids is 1. The number of hydrogen-bond acceptors (Lipinski definition) is 11. The predicted molar refractivity (Wildman–Crippen MR) is 394 cm³/mol. The number of carbonyl (C=O) groups is 4. The summed E-state index contributed by atoms with van der Waals surface area (Å²) in [7, 11) is 0. The van der Waals surface area contributed by atoms with Gasteiger partial charge in [-0.05, 0) is 240 Å². The predicted octanol–water partition coefficient (Wildman–Crippen LogP) is 21.9. The molecule has 0 aliphatic heterocycles. The van der Waals surface area contributed by atoms with E-state index in [2.05, 4.69) is 122 Å². The van der Waals surface area contributed by atoms with Crippen molar-refractivity contribution in [3.8, 4) is 23.0 Å². The van der Waals surface area contributed by atoms with Gasteiger partial charge in [-0.15, -0.1) is 0 Å². The molecule has 4 aromatic rings. The number of halogens is 3. The lowest BCUT2D eigenvalue weighted by molar-refractivity contribution is -0.166. The van der Waals surface area contributed by atoms with Gasteiger partial charge in [0.05, 0.1) is 0 Å². The van der Waals surface area contributed by atoms with Gasteiger partial charge >= 0.3 is 23.9 Å². The van der Waals surface area contributed by atoms with Crippen LogP contribution in [0.1, 0.15) is 297 Å². The fraction of sp³-hybridized carbons (Fsp3) is 0.650. The zero-order valence-electron chi connectivity index (χ0n) is 59.8. The summed E-state index contributed by atoms with van der Waals surface area (Å²) in [6, 6.07) is 25.2. The molecule has 6 saturated carbocycles. The van der Waals surface area contributed by atoms with Crippen LogP contribution in [-0.2, 0) is 33.4 Å². The zero-order valence-corrected chi connectivity index (χ0v) is 64.6. The van der Waals surface area contributed by atoms with E-state index in [9.17, 15) is 29.4 Å². The van der Waals surface area contributed by atoms with Gasteiger partial charge in [0.2, 0.25) is 11.2 Å². The number of carbonyl (C=O) groups excluding carboxylic acids is 3. The third kappa shape index (κ3) is 26.5. The molecule has 0 amide bonds. The molecule has 10 rings (SSSR count). The van der Waals surface area contributed by atoms with Crippen molar-refractivity contribution in [1.82, 2.24) is 0 Å². The zero-order chi connectivity index (χ0) is 69.7. The molecule has 15 heteroatoms. The molecule has 0 aromatic heterocycles. The van der Waals surface area contributed by atoms with Gasteiger partial charge in [-0.2, -0.15) is 0 Å². The average molecular weight is 1510 g/mol. The fourth-order valence-corrected chi connectivity index (χ4v) is 14.8. The van der Waals surface area contributed by atoms with E-state index in [4.69, 9.17) is 28.4 Å². The van der Waals surface area contributed by atoms with Gasteiger partial charge in [-0.25, -0.2) is 14.4 Å². The summed E-state index contributed by atoms with van der Waals surface area (Å²) in [5, 5.41) is 20.6. The highest BCUT2D eigenvalue weighted by molar-refractivity contribution is 9.10. The summed E-state index contributed by atoms with van der Waals surface area (Å²) in [4.78, 5) is 47.5. The van der Waals surface area contributed by atoms with Crippen LogP contribution in [0.4, 0.5) is 0 Å². The number of carboxylic acids is 1. The van der Waals surface area contributed by atoms with Crippen LogP contribution in [0.3, 0.4) is 0 Å². The minimum Gasteiger partial charge on any atom is -0.508 e. The Kier molecular flexibility index (Phi) is 30.9. The van der Waals surface area contributed by atoms with E-state index in [0.29, 0.717) is 54.0 Å². The highest BCUT2D eigenvalue weighted by Gasteiger charge is 2.56. The third-order valence-corrected chi connectivity index (χ3v) is 20.1. The van der Waals surface area contributed by atoms with Gasteiger partial charge in [-0.3, -0.25) is 4.79 Å². The third-order valence-electron chi connectivity index (χ3n) is 18.4. The minimum atomic E-state index is -0.947. The van der Waals surface area contributed by atoms with E-state index < -0.39 is 40.1 Å². The van der Waals surface area contributed by atoms with E-state index in [0.717, 1.165) is 64.1 Å². The van der Waals surface area contributed by atoms with E-state index in [1.165, 1.54) is 151 Å². The first-order valence-electron chi connectivity index (χ1n) is 35.7.